The fourth-order valence-electron chi connectivity index (χ4n) is 3.00. The first-order chi connectivity index (χ1) is 14.5. The van der Waals surface area contributed by atoms with Crippen molar-refractivity contribution in [2.75, 3.05) is 0 Å². The molecule has 0 saturated heterocycles. The zero-order valence-corrected chi connectivity index (χ0v) is 21.7. The molecule has 2 radical (unpaired) electrons. The molecule has 31 heavy (non-hydrogen) atoms. The Balaban J connectivity index is 0.00000156. The van der Waals surface area contributed by atoms with Crippen molar-refractivity contribution >= 4 is 34.4 Å². The van der Waals surface area contributed by atoms with E-state index in [0.29, 0.717) is 15.1 Å². The molecular weight excluding hydrogens is 533 g/mol. The molecule has 8 heteroatoms. The Kier molecular flexibility index (Phi) is 12.5. The molecule has 3 aromatic carbocycles. The predicted molar refractivity (Wildman–Crippen MR) is 129 cm³/mol. The van der Waals surface area contributed by atoms with E-state index in [1.165, 1.54) is 5.19 Å². The molecule has 164 valence electrons. The van der Waals surface area contributed by atoms with Gasteiger partial charge >= 0.3 is 27.0 Å². The van der Waals surface area contributed by atoms with E-state index < -0.39 is 22.1 Å². The molecule has 3 aromatic rings. The molecule has 0 bridgehead atoms. The van der Waals surface area contributed by atoms with Crippen LogP contribution in [0.15, 0.2) is 84.9 Å². The minimum atomic E-state index is -3.75. The van der Waals surface area contributed by atoms with E-state index in [4.69, 9.17) is 5.73 Å². The third-order valence-electron chi connectivity index (χ3n) is 4.48. The quantitative estimate of drug-likeness (QED) is 0.254. The third-order valence-corrected chi connectivity index (χ3v) is 6.64. The number of rotatable bonds is 8. The molecule has 2 unspecified atom stereocenters. The second-order valence-corrected chi connectivity index (χ2v) is 9.26. The van der Waals surface area contributed by atoms with Gasteiger partial charge in [-0.25, -0.2) is 8.42 Å². The summed E-state index contributed by atoms with van der Waals surface area (Å²) in [5.41, 5.74) is 10.8. The maximum atomic E-state index is 12.8. The topological polar surface area (TPSA) is 72.0 Å². The molecule has 4 nitrogen and oxygen atoms in total. The van der Waals surface area contributed by atoms with Crippen LogP contribution in [0.5, 0.6) is 0 Å². The van der Waals surface area contributed by atoms with Gasteiger partial charge in [0, 0.05) is 0 Å². The Bertz CT molecular complexity index is 991. The van der Waals surface area contributed by atoms with Crippen LogP contribution >= 0.6 is 9.69 Å². The second-order valence-electron chi connectivity index (χ2n) is 6.52. The minimum absolute atomic E-state index is 0. The van der Waals surface area contributed by atoms with Crippen molar-refractivity contribution in [3.05, 3.63) is 120 Å². The van der Waals surface area contributed by atoms with E-state index in [-0.39, 0.29) is 13.2 Å². The molecule has 0 saturated carbocycles. The second kappa shape index (κ2) is 13.9. The summed E-state index contributed by atoms with van der Waals surface area (Å²) >= 11 is 1.82. The summed E-state index contributed by atoms with van der Waals surface area (Å²) in [6, 6.07) is 24.4. The van der Waals surface area contributed by atoms with E-state index in [1.807, 2.05) is 102 Å². The zero-order valence-electron chi connectivity index (χ0n) is 17.3. The monoisotopic (exact) mass is 558 g/mol. The number of benzene rings is 3. The summed E-state index contributed by atoms with van der Waals surface area (Å²) in [6.45, 7) is 2.09. The Morgan fingerprint density at radius 2 is 1.39 bits per heavy atom. The number of hydrogen-bond donors (Lipinski definition) is 0. The first-order valence-electron chi connectivity index (χ1n) is 9.14. The van der Waals surface area contributed by atoms with Gasteiger partial charge in [-0.2, -0.15) is 0 Å². The van der Waals surface area contributed by atoms with Gasteiger partial charge in [0.2, 0.25) is 0 Å². The number of nitrogens with one attached hydrogen (secondary N) is 1. The SMILES string of the molecule is C[Si]c1ccc(CS(=O)(=O)[N-]C(c2ccccc2)C([NH-])c2ccccc2)cc1.[CH3-].[Cl][Ru+3]. The molecule has 0 amide bonds. The summed E-state index contributed by atoms with van der Waals surface area (Å²) in [5.74, 6) is -0.162. The Morgan fingerprint density at radius 1 is 0.903 bits per heavy atom. The number of halogens is 1. The van der Waals surface area contributed by atoms with Gasteiger partial charge < -0.3 is 17.9 Å². The van der Waals surface area contributed by atoms with Gasteiger partial charge in [-0.1, -0.05) is 108 Å². The van der Waals surface area contributed by atoms with E-state index in [1.54, 1.807) is 0 Å². The maximum absolute atomic E-state index is 12.8. The van der Waals surface area contributed by atoms with Crippen LogP contribution in [0.2, 0.25) is 6.55 Å². The van der Waals surface area contributed by atoms with Gasteiger partial charge in [0.05, 0.1) is 25.3 Å². The van der Waals surface area contributed by atoms with Crippen molar-refractivity contribution in [1.29, 1.82) is 0 Å². The van der Waals surface area contributed by atoms with Gasteiger partial charge in [0.1, 0.15) is 0 Å². The average molecular weight is 558 g/mol. The molecule has 0 aliphatic carbocycles. The van der Waals surface area contributed by atoms with Crippen LogP contribution in [0.3, 0.4) is 0 Å². The molecule has 2 atom stereocenters. The molecular formula is C23H25ClN2O2RuSSi. The first kappa shape index (κ1) is 27.7. The third kappa shape index (κ3) is 8.60. The van der Waals surface area contributed by atoms with Crippen molar-refractivity contribution in [2.24, 2.45) is 0 Å². The summed E-state index contributed by atoms with van der Waals surface area (Å²) in [4.78, 5) is 0. The summed E-state index contributed by atoms with van der Waals surface area (Å²) in [5, 5.41) is 1.19. The molecule has 0 heterocycles. The number of sulfonamides is 1. The standard InChI is InChI=1S/C22H22N2O2SSi.CH3.ClH.Ru/c1-28-20-14-12-17(13-15-20)16-27(25,26)24-22(19-10-6-3-7-11-19)21(23)18-8-4-2-5-9-18;;;/h2-15,21-23H,16H2,1H3;1H3;1H;/q-2;-1;;+4/p-1. The van der Waals surface area contributed by atoms with E-state index in [0.717, 1.165) is 11.1 Å². The summed E-state index contributed by atoms with van der Waals surface area (Å²) in [6.07, 6.45) is 0. The predicted octanol–water partition coefficient (Wildman–Crippen LogP) is 5.94. The number of nitrogens with zero attached hydrogens (tertiary/aromatic N) is 1. The van der Waals surface area contributed by atoms with Crippen LogP contribution in [0.4, 0.5) is 0 Å². The normalized spacial score (nSPS) is 12.6. The van der Waals surface area contributed by atoms with Crippen LogP contribution in [0.1, 0.15) is 28.8 Å². The van der Waals surface area contributed by atoms with E-state index in [2.05, 4.69) is 21.0 Å². The van der Waals surface area contributed by atoms with Gasteiger partial charge in [-0.15, -0.1) is 12.1 Å². The average Bonchev–Trinajstić information content (AvgIpc) is 2.80. The molecule has 0 fully saturated rings. The van der Waals surface area contributed by atoms with Crippen molar-refractivity contribution in [3.63, 3.8) is 0 Å². The van der Waals surface area contributed by atoms with Gasteiger partial charge in [-0.05, 0) is 5.56 Å². The van der Waals surface area contributed by atoms with Gasteiger partial charge in [0.25, 0.3) is 0 Å². The molecule has 1 N–H and O–H groups in total. The Morgan fingerprint density at radius 3 is 1.87 bits per heavy atom. The van der Waals surface area contributed by atoms with Crippen molar-refractivity contribution < 1.29 is 25.7 Å². The van der Waals surface area contributed by atoms with E-state index >= 15 is 0 Å². The van der Waals surface area contributed by atoms with E-state index in [9.17, 15) is 8.42 Å². The first-order valence-corrected chi connectivity index (χ1v) is 14.5. The summed E-state index contributed by atoms with van der Waals surface area (Å²) < 4.78 is 29.8. The zero-order chi connectivity index (χ0) is 22.0. The van der Waals surface area contributed by atoms with Crippen LogP contribution in [-0.2, 0) is 33.1 Å². The van der Waals surface area contributed by atoms with Crippen molar-refractivity contribution in [1.82, 2.24) is 0 Å². The van der Waals surface area contributed by atoms with Gasteiger partial charge in [-0.3, -0.25) is 0 Å². The molecule has 3 rings (SSSR count). The van der Waals surface area contributed by atoms with Crippen molar-refractivity contribution in [2.45, 2.75) is 24.4 Å². The molecule has 0 aromatic heterocycles. The van der Waals surface area contributed by atoms with Crippen LogP contribution in [0.25, 0.3) is 10.5 Å². The fourth-order valence-corrected chi connectivity index (χ4v) is 4.77. The molecule has 0 spiro atoms. The fraction of sp³-hybridized carbons (Fsp3) is 0.174. The van der Waals surface area contributed by atoms with Crippen LogP contribution in [0, 0.1) is 7.43 Å². The Hall–Kier alpha value is -1.34. The molecule has 0 aliphatic rings. The van der Waals surface area contributed by atoms with Gasteiger partial charge in [0.15, 0.2) is 0 Å². The molecule has 0 aliphatic heterocycles. The van der Waals surface area contributed by atoms with Crippen LogP contribution in [-0.4, -0.2) is 17.9 Å². The van der Waals surface area contributed by atoms with Crippen LogP contribution < -0.4 is 5.19 Å². The Labute approximate surface area is 203 Å². The summed E-state index contributed by atoms with van der Waals surface area (Å²) in [7, 11) is 1.50. The van der Waals surface area contributed by atoms with Crippen molar-refractivity contribution in [3.8, 4) is 0 Å². The number of hydrogen-bond acceptors (Lipinski definition) is 2.